The van der Waals surface area contributed by atoms with Crippen LogP contribution in [0.2, 0.25) is 5.02 Å². The topological polar surface area (TPSA) is 127 Å². The van der Waals surface area contributed by atoms with Crippen molar-refractivity contribution in [3.63, 3.8) is 0 Å². The first-order valence-electron chi connectivity index (χ1n) is 12.9. The molecule has 200 valence electrons. The Morgan fingerprint density at radius 1 is 1.02 bits per heavy atom. The second-order valence-corrected chi connectivity index (χ2v) is 11.1. The van der Waals surface area contributed by atoms with E-state index < -0.39 is 45.8 Å². The van der Waals surface area contributed by atoms with Crippen molar-refractivity contribution in [1.82, 2.24) is 14.9 Å². The second kappa shape index (κ2) is 8.30. The van der Waals surface area contributed by atoms with Crippen molar-refractivity contribution in [3.8, 4) is 5.69 Å². The van der Waals surface area contributed by atoms with Gasteiger partial charge in [0, 0.05) is 17.7 Å². The van der Waals surface area contributed by atoms with Crippen LogP contribution in [0.25, 0.3) is 16.6 Å². The van der Waals surface area contributed by atoms with Gasteiger partial charge in [-0.2, -0.15) is 0 Å². The quantitative estimate of drug-likeness (QED) is 0.230. The van der Waals surface area contributed by atoms with Crippen LogP contribution in [0.1, 0.15) is 25.2 Å². The SMILES string of the molecule is CC(C)[C@@H]1N[C@]2(c3ccccc3-n3c2nc2ccccc2c3=O)[C@H]2C(=O)N(c3ccc(Cl)c([N+](=O)[O-])c3)C(=O)[C@@H]12. The summed E-state index contributed by atoms with van der Waals surface area (Å²) in [6.07, 6.45) is 0. The molecule has 3 aliphatic heterocycles. The Hall–Kier alpha value is -4.41. The monoisotopic (exact) mass is 555 g/mol. The number of halogens is 1. The summed E-state index contributed by atoms with van der Waals surface area (Å²) in [7, 11) is 0. The number of nitrogens with one attached hydrogen (secondary N) is 1. The lowest BCUT2D eigenvalue weighted by Gasteiger charge is -2.32. The number of carbonyl (C=O) groups is 2. The number of rotatable bonds is 3. The molecule has 1 aromatic heterocycles. The van der Waals surface area contributed by atoms with Crippen LogP contribution in [0.3, 0.4) is 0 Å². The highest BCUT2D eigenvalue weighted by Crippen LogP contribution is 2.56. The minimum absolute atomic E-state index is 0.0727. The molecule has 4 heterocycles. The van der Waals surface area contributed by atoms with Gasteiger partial charge in [-0.25, -0.2) is 9.88 Å². The van der Waals surface area contributed by atoms with Crippen molar-refractivity contribution in [3.05, 3.63) is 104 Å². The molecule has 3 aliphatic rings. The number of anilines is 1. The summed E-state index contributed by atoms with van der Waals surface area (Å²) >= 11 is 6.02. The Labute approximate surface area is 232 Å². The van der Waals surface area contributed by atoms with E-state index in [0.717, 1.165) is 11.0 Å². The molecule has 10 nitrogen and oxygen atoms in total. The van der Waals surface area contributed by atoms with Crippen LogP contribution in [0, 0.1) is 27.9 Å². The van der Waals surface area contributed by atoms with Gasteiger partial charge in [-0.15, -0.1) is 0 Å². The smallest absolute Gasteiger partial charge is 0.289 e. The molecule has 4 aromatic rings. The summed E-state index contributed by atoms with van der Waals surface area (Å²) in [4.78, 5) is 59.3. The summed E-state index contributed by atoms with van der Waals surface area (Å²) in [5.74, 6) is -2.46. The number of carbonyl (C=O) groups excluding carboxylic acids is 2. The van der Waals surface area contributed by atoms with Gasteiger partial charge in [0.05, 0.1) is 39.0 Å². The Balaban J connectivity index is 1.51. The average Bonchev–Trinajstić information content (AvgIpc) is 3.53. The van der Waals surface area contributed by atoms with E-state index in [1.54, 1.807) is 24.3 Å². The first-order chi connectivity index (χ1) is 19.2. The molecular formula is C29H22ClN5O5. The van der Waals surface area contributed by atoms with Gasteiger partial charge >= 0.3 is 0 Å². The van der Waals surface area contributed by atoms with Crippen LogP contribution in [-0.2, 0) is 15.1 Å². The number of para-hydroxylation sites is 2. The van der Waals surface area contributed by atoms with Gasteiger partial charge < -0.3 is 0 Å². The number of hydrogen-bond donors (Lipinski definition) is 1. The number of nitro groups is 1. The molecule has 11 heteroatoms. The van der Waals surface area contributed by atoms with Crippen molar-refractivity contribution in [1.29, 1.82) is 0 Å². The van der Waals surface area contributed by atoms with Crippen molar-refractivity contribution in [2.75, 3.05) is 4.90 Å². The molecule has 1 N–H and O–H groups in total. The number of aromatic nitrogens is 2. The van der Waals surface area contributed by atoms with Crippen LogP contribution in [0.4, 0.5) is 11.4 Å². The molecule has 0 radical (unpaired) electrons. The highest BCUT2D eigenvalue weighted by molar-refractivity contribution is 6.33. The molecule has 0 saturated carbocycles. The van der Waals surface area contributed by atoms with Gasteiger partial charge in [0.2, 0.25) is 11.8 Å². The maximum atomic E-state index is 14.4. The van der Waals surface area contributed by atoms with E-state index >= 15 is 0 Å². The van der Waals surface area contributed by atoms with Gasteiger partial charge in [-0.05, 0) is 36.2 Å². The fraction of sp³-hybridized carbons (Fsp3) is 0.241. The Bertz CT molecular complexity index is 1870. The molecule has 2 saturated heterocycles. The summed E-state index contributed by atoms with van der Waals surface area (Å²) in [6, 6.07) is 17.8. The van der Waals surface area contributed by atoms with Crippen LogP contribution >= 0.6 is 11.6 Å². The van der Waals surface area contributed by atoms with Gasteiger partial charge in [0.25, 0.3) is 11.2 Å². The second-order valence-electron chi connectivity index (χ2n) is 10.7. The first kappa shape index (κ1) is 24.6. The summed E-state index contributed by atoms with van der Waals surface area (Å²) in [5, 5.41) is 15.6. The maximum Gasteiger partial charge on any atom is 0.289 e. The Kier molecular flexibility index (Phi) is 5.11. The number of nitro benzene ring substituents is 1. The molecule has 0 aliphatic carbocycles. The predicted octanol–water partition coefficient (Wildman–Crippen LogP) is 3.94. The molecule has 2 fully saturated rings. The van der Waals surface area contributed by atoms with Crippen LogP contribution in [0.15, 0.2) is 71.5 Å². The molecule has 0 bridgehead atoms. The number of fused-ring (bicyclic) bond motifs is 8. The van der Waals surface area contributed by atoms with E-state index in [9.17, 15) is 24.5 Å². The Morgan fingerprint density at radius 3 is 2.50 bits per heavy atom. The number of amides is 2. The van der Waals surface area contributed by atoms with Crippen LogP contribution < -0.4 is 15.8 Å². The minimum atomic E-state index is -1.28. The first-order valence-corrected chi connectivity index (χ1v) is 13.3. The summed E-state index contributed by atoms with van der Waals surface area (Å²) in [6.45, 7) is 3.92. The lowest BCUT2D eigenvalue weighted by molar-refractivity contribution is -0.384. The van der Waals surface area contributed by atoms with Gasteiger partial charge in [0.1, 0.15) is 16.4 Å². The van der Waals surface area contributed by atoms with Crippen molar-refractivity contribution in [2.24, 2.45) is 17.8 Å². The molecule has 2 amide bonds. The zero-order valence-electron chi connectivity index (χ0n) is 21.4. The molecule has 4 atom stereocenters. The number of benzene rings is 3. The van der Waals surface area contributed by atoms with Crippen LogP contribution in [0.5, 0.6) is 0 Å². The third-order valence-electron chi connectivity index (χ3n) is 8.40. The normalized spacial score (nSPS) is 24.7. The van der Waals surface area contributed by atoms with Crippen molar-refractivity contribution in [2.45, 2.75) is 25.4 Å². The largest absolute Gasteiger partial charge is 0.296 e. The van der Waals surface area contributed by atoms with E-state index in [1.807, 2.05) is 38.1 Å². The number of hydrogen-bond acceptors (Lipinski definition) is 7. The van der Waals surface area contributed by atoms with E-state index in [4.69, 9.17) is 16.6 Å². The minimum Gasteiger partial charge on any atom is -0.296 e. The molecule has 3 aromatic carbocycles. The van der Waals surface area contributed by atoms with E-state index in [1.165, 1.54) is 16.7 Å². The fourth-order valence-corrected chi connectivity index (χ4v) is 6.95. The van der Waals surface area contributed by atoms with E-state index in [0.29, 0.717) is 28.0 Å². The van der Waals surface area contributed by atoms with Crippen molar-refractivity contribution < 1.29 is 14.5 Å². The lowest BCUT2D eigenvalue weighted by Crippen LogP contribution is -2.51. The standard InChI is InChI=1S/C29H22ClN5O5/c1-14(2)24-22-23(27(38)33(26(22)37)15-11-12-18(30)21(13-15)35(39)40)29(32-24)17-8-4-6-10-20(17)34-25(36)16-7-3-5-9-19(16)31-28(29)34/h3-14,22-24,32H,1-2H3/t22-,23-,24+,29-/m1/s1. The van der Waals surface area contributed by atoms with E-state index in [2.05, 4.69) is 5.32 Å². The molecule has 40 heavy (non-hydrogen) atoms. The van der Waals surface area contributed by atoms with Gasteiger partial charge in [-0.3, -0.25) is 34.4 Å². The summed E-state index contributed by atoms with van der Waals surface area (Å²) in [5.41, 5.74) is -0.110. The zero-order chi connectivity index (χ0) is 28.1. The summed E-state index contributed by atoms with van der Waals surface area (Å²) < 4.78 is 1.54. The highest BCUT2D eigenvalue weighted by atomic mass is 35.5. The predicted molar refractivity (Wildman–Crippen MR) is 147 cm³/mol. The third kappa shape index (κ3) is 2.97. The number of nitrogens with zero attached hydrogens (tertiary/aromatic N) is 4. The van der Waals surface area contributed by atoms with Crippen LogP contribution in [-0.4, -0.2) is 32.3 Å². The van der Waals surface area contributed by atoms with Crippen molar-refractivity contribution >= 4 is 45.7 Å². The Morgan fingerprint density at radius 2 is 1.75 bits per heavy atom. The number of imide groups is 1. The maximum absolute atomic E-state index is 14.4. The van der Waals surface area contributed by atoms with Gasteiger partial charge in [-0.1, -0.05) is 55.8 Å². The molecule has 7 rings (SSSR count). The fourth-order valence-electron chi connectivity index (χ4n) is 6.76. The van der Waals surface area contributed by atoms with Gasteiger partial charge in [0.15, 0.2) is 0 Å². The molecular weight excluding hydrogens is 534 g/mol. The van der Waals surface area contributed by atoms with E-state index in [-0.39, 0.29) is 22.2 Å². The zero-order valence-corrected chi connectivity index (χ0v) is 22.1. The molecule has 1 spiro atoms. The highest BCUT2D eigenvalue weighted by Gasteiger charge is 2.70. The third-order valence-corrected chi connectivity index (χ3v) is 8.72. The average molecular weight is 556 g/mol. The lowest BCUT2D eigenvalue weighted by atomic mass is 9.75. The molecule has 0 unspecified atom stereocenters.